The fourth-order valence-electron chi connectivity index (χ4n) is 0.277. The van der Waals surface area contributed by atoms with Crippen LogP contribution in [0, 0.1) is 6.20 Å². The predicted octanol–water partition coefficient (Wildman–Crippen LogP) is 0.879. The zero-order valence-corrected chi connectivity index (χ0v) is 4.71. The van der Waals surface area contributed by atoms with Crippen LogP contribution in [0.5, 0.6) is 0 Å². The quantitative estimate of drug-likeness (QED) is 0.379. The predicted molar refractivity (Wildman–Crippen MR) is 23.1 cm³/mol. The van der Waals surface area contributed by atoms with Crippen molar-refractivity contribution < 1.29 is 17.1 Å². The maximum atomic E-state index is 3.66. The molecule has 0 fully saturated rings. The van der Waals surface area contributed by atoms with Crippen LogP contribution in [0.2, 0.25) is 0 Å². The van der Waals surface area contributed by atoms with Gasteiger partial charge in [0.2, 0.25) is 0 Å². The van der Waals surface area contributed by atoms with E-state index >= 15 is 0 Å². The number of nitrogens with zero attached hydrogens (tertiary/aromatic N) is 1. The summed E-state index contributed by atoms with van der Waals surface area (Å²) in [6.07, 6.45) is 4.34. The number of pyridine rings is 1. The topological polar surface area (TPSA) is 12.9 Å². The van der Waals surface area contributed by atoms with Crippen molar-refractivity contribution in [2.24, 2.45) is 0 Å². The third-order valence-electron chi connectivity index (χ3n) is 0.517. The minimum absolute atomic E-state index is 0. The number of rotatable bonds is 0. The Morgan fingerprint density at radius 2 is 2.14 bits per heavy atom. The van der Waals surface area contributed by atoms with Crippen LogP contribution in [-0.2, 0) is 17.1 Å². The molecular weight excluding hydrogens is 130 g/mol. The second-order valence-corrected chi connectivity index (χ2v) is 0.959. The van der Waals surface area contributed by atoms with Gasteiger partial charge in [0.25, 0.3) is 0 Å². The van der Waals surface area contributed by atoms with Crippen LogP contribution in [0.3, 0.4) is 0 Å². The maximum Gasteiger partial charge on any atom is 0 e. The van der Waals surface area contributed by atoms with E-state index in [0.717, 1.165) is 0 Å². The normalized spacial score (nSPS) is 6.86. The van der Waals surface area contributed by atoms with Crippen molar-refractivity contribution in [3.05, 3.63) is 30.6 Å². The molecule has 7 heavy (non-hydrogen) atoms. The van der Waals surface area contributed by atoms with E-state index in [0.29, 0.717) is 0 Å². The van der Waals surface area contributed by atoms with Crippen LogP contribution < -0.4 is 0 Å². The molecule has 0 bridgehead atoms. The van der Waals surface area contributed by atoms with Gasteiger partial charge in [-0.15, -0.1) is 0 Å². The second-order valence-electron chi connectivity index (χ2n) is 0.959. The number of aromatic nitrogens is 1. The van der Waals surface area contributed by atoms with Crippen LogP contribution in [0.4, 0.5) is 0 Å². The van der Waals surface area contributed by atoms with Gasteiger partial charge >= 0.3 is 0 Å². The summed E-state index contributed by atoms with van der Waals surface area (Å²) in [6, 6.07) is 5.50. The molecule has 1 heterocycles. The Morgan fingerprint density at radius 3 is 2.29 bits per heavy atom. The molecule has 38 valence electrons. The van der Waals surface area contributed by atoms with Crippen LogP contribution in [0.1, 0.15) is 0 Å². The maximum absolute atomic E-state index is 3.66. The van der Waals surface area contributed by atoms with E-state index < -0.39 is 0 Å². The van der Waals surface area contributed by atoms with Crippen molar-refractivity contribution in [2.45, 2.75) is 0 Å². The van der Waals surface area contributed by atoms with E-state index in [4.69, 9.17) is 0 Å². The Kier molecular flexibility index (Phi) is 3.66. The minimum atomic E-state index is 0. The van der Waals surface area contributed by atoms with Crippen molar-refractivity contribution in [3.63, 3.8) is 0 Å². The molecule has 0 spiro atoms. The van der Waals surface area contributed by atoms with Gasteiger partial charge in [0.15, 0.2) is 0 Å². The average molecular weight is 134 g/mol. The molecule has 1 rings (SSSR count). The fraction of sp³-hybridized carbons (Fsp3) is 0. The summed E-state index contributed by atoms with van der Waals surface area (Å²) in [5.41, 5.74) is 0. The standard InChI is InChI=1S/C5H4N.Fe/c1-2-4-6-5-3-1;/h1-4H;/q-1;. The van der Waals surface area contributed by atoms with E-state index in [1.807, 2.05) is 12.1 Å². The Bertz CT molecular complexity index is 80.0. The summed E-state index contributed by atoms with van der Waals surface area (Å²) in [7, 11) is 0. The van der Waals surface area contributed by atoms with Gasteiger partial charge < -0.3 is 4.98 Å². The monoisotopic (exact) mass is 134 g/mol. The number of hydrogen-bond acceptors (Lipinski definition) is 1. The van der Waals surface area contributed by atoms with E-state index in [9.17, 15) is 0 Å². The van der Waals surface area contributed by atoms with Crippen LogP contribution >= 0.6 is 0 Å². The van der Waals surface area contributed by atoms with Crippen molar-refractivity contribution >= 4 is 0 Å². The Balaban J connectivity index is 0.000000360. The molecule has 0 aliphatic rings. The minimum Gasteiger partial charge on any atom is -0.394 e. The molecule has 2 heteroatoms. The molecule has 0 amide bonds. The third-order valence-corrected chi connectivity index (χ3v) is 0.517. The molecule has 0 saturated carbocycles. The molecule has 0 aromatic carbocycles. The van der Waals surface area contributed by atoms with Gasteiger partial charge in [0.1, 0.15) is 0 Å². The zero-order valence-electron chi connectivity index (χ0n) is 3.61. The summed E-state index contributed by atoms with van der Waals surface area (Å²) in [5, 5.41) is 0. The summed E-state index contributed by atoms with van der Waals surface area (Å²) in [4.78, 5) is 3.66. The molecule has 0 unspecified atom stereocenters. The SMILES string of the molecule is [Fe].[c-]1ccccn1. The fourth-order valence-corrected chi connectivity index (χ4v) is 0.277. The van der Waals surface area contributed by atoms with Gasteiger partial charge in [-0.2, -0.15) is 18.2 Å². The molecule has 1 nitrogen and oxygen atoms in total. The number of hydrogen-bond donors (Lipinski definition) is 0. The molecule has 0 aliphatic heterocycles. The van der Waals surface area contributed by atoms with Gasteiger partial charge in [-0.3, -0.25) is 0 Å². The first-order valence-corrected chi connectivity index (χ1v) is 1.77. The van der Waals surface area contributed by atoms with E-state index in [1.54, 1.807) is 12.3 Å². The third kappa shape index (κ3) is 2.38. The van der Waals surface area contributed by atoms with Gasteiger partial charge in [-0.25, -0.2) is 0 Å². The van der Waals surface area contributed by atoms with Crippen molar-refractivity contribution in [1.29, 1.82) is 0 Å². The molecule has 1 aromatic rings. The second kappa shape index (κ2) is 3.85. The Morgan fingerprint density at radius 1 is 1.29 bits per heavy atom. The van der Waals surface area contributed by atoms with Gasteiger partial charge in [0.05, 0.1) is 0 Å². The smallest absolute Gasteiger partial charge is 0 e. The van der Waals surface area contributed by atoms with Crippen molar-refractivity contribution in [3.8, 4) is 0 Å². The first kappa shape index (κ1) is 6.67. The summed E-state index contributed by atoms with van der Waals surface area (Å²) < 4.78 is 0. The largest absolute Gasteiger partial charge is 0.394 e. The first-order valence-electron chi connectivity index (χ1n) is 1.77. The van der Waals surface area contributed by atoms with E-state index in [1.165, 1.54) is 0 Å². The Hall–Kier alpha value is -0.331. The molecule has 0 radical (unpaired) electrons. The summed E-state index contributed by atoms with van der Waals surface area (Å²) in [5.74, 6) is 0. The average Bonchev–Trinajstić information content (AvgIpc) is 1.72. The van der Waals surface area contributed by atoms with Crippen LogP contribution in [0.15, 0.2) is 24.4 Å². The zero-order chi connectivity index (χ0) is 4.24. The van der Waals surface area contributed by atoms with Crippen molar-refractivity contribution in [1.82, 2.24) is 4.98 Å². The Labute approximate surface area is 53.2 Å². The van der Waals surface area contributed by atoms with Crippen molar-refractivity contribution in [2.75, 3.05) is 0 Å². The van der Waals surface area contributed by atoms with Gasteiger partial charge in [-0.1, -0.05) is 12.4 Å². The van der Waals surface area contributed by atoms with Gasteiger partial charge in [0, 0.05) is 17.1 Å². The molecular formula is C5H4FeN-. The summed E-state index contributed by atoms with van der Waals surface area (Å²) >= 11 is 0. The molecule has 1 aromatic heterocycles. The molecule has 0 aliphatic carbocycles. The van der Waals surface area contributed by atoms with E-state index in [2.05, 4.69) is 11.2 Å². The molecule has 0 N–H and O–H groups in total. The summed E-state index contributed by atoms with van der Waals surface area (Å²) in [6.45, 7) is 0. The van der Waals surface area contributed by atoms with Crippen LogP contribution in [-0.4, -0.2) is 4.98 Å². The first-order chi connectivity index (χ1) is 3.00. The van der Waals surface area contributed by atoms with Gasteiger partial charge in [-0.05, 0) is 0 Å². The van der Waals surface area contributed by atoms with E-state index in [-0.39, 0.29) is 17.1 Å². The molecule has 0 saturated heterocycles. The molecule has 0 atom stereocenters. The van der Waals surface area contributed by atoms with Crippen LogP contribution in [0.25, 0.3) is 0 Å².